The van der Waals surface area contributed by atoms with E-state index < -0.39 is 6.10 Å². The van der Waals surface area contributed by atoms with Gasteiger partial charge in [-0.05, 0) is 37.0 Å². The molecule has 1 saturated carbocycles. The molecular formula is C25H34N2O3. The van der Waals surface area contributed by atoms with Gasteiger partial charge >= 0.3 is 0 Å². The molecule has 1 aliphatic carbocycles. The van der Waals surface area contributed by atoms with Gasteiger partial charge in [-0.1, -0.05) is 68.5 Å². The molecule has 0 heterocycles. The highest BCUT2D eigenvalue weighted by Crippen LogP contribution is 2.28. The molecule has 1 unspecified atom stereocenters. The third-order valence-corrected chi connectivity index (χ3v) is 5.67. The molecule has 0 spiro atoms. The molecule has 0 saturated heterocycles. The Morgan fingerprint density at radius 1 is 1.10 bits per heavy atom. The van der Waals surface area contributed by atoms with Gasteiger partial charge in [0.2, 0.25) is 0 Å². The summed E-state index contributed by atoms with van der Waals surface area (Å²) in [4.78, 5) is 12.9. The van der Waals surface area contributed by atoms with Crippen LogP contribution in [0.3, 0.4) is 0 Å². The van der Waals surface area contributed by atoms with E-state index >= 15 is 0 Å². The average molecular weight is 411 g/mol. The third-order valence-electron chi connectivity index (χ3n) is 5.67. The van der Waals surface area contributed by atoms with Gasteiger partial charge in [0.05, 0.1) is 0 Å². The molecular weight excluding hydrogens is 376 g/mol. The molecule has 1 aliphatic rings. The Morgan fingerprint density at radius 3 is 2.60 bits per heavy atom. The maximum absolute atomic E-state index is 12.9. The number of anilines is 1. The van der Waals surface area contributed by atoms with E-state index in [0.29, 0.717) is 30.6 Å². The van der Waals surface area contributed by atoms with Gasteiger partial charge < -0.3 is 20.5 Å². The number of carbonyl (C=O) groups excluding carboxylic acids is 1. The van der Waals surface area contributed by atoms with Gasteiger partial charge in [-0.3, -0.25) is 4.79 Å². The topological polar surface area (TPSA) is 73.6 Å². The lowest BCUT2D eigenvalue weighted by Crippen LogP contribution is -2.46. The largest absolute Gasteiger partial charge is 0.489 e. The first-order chi connectivity index (χ1) is 14.7. The molecule has 1 amide bonds. The fourth-order valence-electron chi connectivity index (χ4n) is 4.12. The lowest BCUT2D eigenvalue weighted by molar-refractivity contribution is -0.128. The van der Waals surface area contributed by atoms with Gasteiger partial charge in [-0.15, -0.1) is 0 Å². The van der Waals surface area contributed by atoms with Gasteiger partial charge in [0.1, 0.15) is 12.4 Å². The zero-order valence-corrected chi connectivity index (χ0v) is 17.9. The molecule has 1 fully saturated rings. The summed E-state index contributed by atoms with van der Waals surface area (Å²) in [6.07, 6.45) is 6.43. The van der Waals surface area contributed by atoms with Gasteiger partial charge in [0.25, 0.3) is 5.91 Å². The average Bonchev–Trinajstić information content (AvgIpc) is 2.77. The van der Waals surface area contributed by atoms with Crippen LogP contribution in [0.1, 0.15) is 51.0 Å². The van der Waals surface area contributed by atoms with Crippen molar-refractivity contribution >= 4 is 11.6 Å². The summed E-state index contributed by atoms with van der Waals surface area (Å²) in [6.45, 7) is 2.83. The number of nitrogens with two attached hydrogens (primary N) is 1. The maximum Gasteiger partial charge on any atom is 0.255 e. The van der Waals surface area contributed by atoms with Gasteiger partial charge in [0.15, 0.2) is 6.10 Å². The van der Waals surface area contributed by atoms with Crippen LogP contribution in [-0.2, 0) is 16.1 Å². The number of hydrogen-bond donors (Lipinski definition) is 2. The van der Waals surface area contributed by atoms with Gasteiger partial charge in [0, 0.05) is 24.4 Å². The first kappa shape index (κ1) is 22.3. The minimum absolute atomic E-state index is 0.194. The summed E-state index contributed by atoms with van der Waals surface area (Å²) in [5.74, 6) is 1.11. The van der Waals surface area contributed by atoms with E-state index in [9.17, 15) is 4.79 Å². The van der Waals surface area contributed by atoms with Crippen molar-refractivity contribution in [3.63, 3.8) is 0 Å². The summed E-state index contributed by atoms with van der Waals surface area (Å²) in [7, 11) is 0. The van der Waals surface area contributed by atoms with E-state index in [-0.39, 0.29) is 11.9 Å². The second-order valence-corrected chi connectivity index (χ2v) is 8.07. The molecule has 3 N–H and O–H groups in total. The minimum Gasteiger partial charge on any atom is -0.489 e. The lowest BCUT2D eigenvalue weighted by Gasteiger charge is -2.28. The number of amides is 1. The van der Waals surface area contributed by atoms with Crippen molar-refractivity contribution in [3.8, 4) is 5.75 Å². The van der Waals surface area contributed by atoms with Crippen molar-refractivity contribution in [2.45, 2.75) is 64.2 Å². The van der Waals surface area contributed by atoms with E-state index in [1.165, 1.54) is 32.1 Å². The van der Waals surface area contributed by atoms with E-state index in [2.05, 4.69) is 5.32 Å². The van der Waals surface area contributed by atoms with Crippen LogP contribution in [0.2, 0.25) is 0 Å². The van der Waals surface area contributed by atoms with Gasteiger partial charge in [-0.2, -0.15) is 0 Å². The fourth-order valence-corrected chi connectivity index (χ4v) is 4.12. The Kier molecular flexibility index (Phi) is 8.72. The molecule has 5 heteroatoms. The summed E-state index contributed by atoms with van der Waals surface area (Å²) in [6, 6.07) is 17.1. The molecule has 2 aromatic rings. The smallest absolute Gasteiger partial charge is 0.255 e. The Morgan fingerprint density at radius 2 is 1.87 bits per heavy atom. The number of carbonyl (C=O) groups is 1. The molecule has 3 rings (SSSR count). The highest BCUT2D eigenvalue weighted by molar-refractivity contribution is 5.94. The molecule has 0 bridgehead atoms. The molecule has 0 radical (unpaired) electrons. The predicted molar refractivity (Wildman–Crippen MR) is 120 cm³/mol. The van der Waals surface area contributed by atoms with Crippen molar-refractivity contribution in [1.82, 2.24) is 0 Å². The summed E-state index contributed by atoms with van der Waals surface area (Å²) in [5.41, 5.74) is 8.20. The summed E-state index contributed by atoms with van der Waals surface area (Å²) >= 11 is 0. The number of hydrogen-bond acceptors (Lipinski definition) is 4. The molecule has 2 atom stereocenters. The third kappa shape index (κ3) is 6.85. The number of rotatable bonds is 10. The molecule has 0 aliphatic heterocycles. The van der Waals surface area contributed by atoms with Crippen LogP contribution >= 0.6 is 0 Å². The fraction of sp³-hybridized carbons (Fsp3) is 0.480. The van der Waals surface area contributed by atoms with Crippen molar-refractivity contribution < 1.29 is 14.3 Å². The monoisotopic (exact) mass is 410 g/mol. The zero-order valence-electron chi connectivity index (χ0n) is 17.9. The standard InChI is InChI=1S/C25H34N2O3/c1-2-29-24(23(26)16-19-10-5-3-6-11-19)25(28)27-21-14-9-15-22(17-21)30-18-20-12-7-4-8-13-20/h4,7-9,12-15,17,19,23-24H,2-3,5-6,10-11,16,18,26H2,1H3,(H,27,28)/t23-,24?/m1/s1. The van der Waals surface area contributed by atoms with Crippen LogP contribution in [0, 0.1) is 5.92 Å². The Balaban J connectivity index is 1.57. The Hall–Kier alpha value is -2.37. The minimum atomic E-state index is -0.647. The lowest BCUT2D eigenvalue weighted by atomic mass is 9.84. The van der Waals surface area contributed by atoms with Crippen LogP contribution in [0.5, 0.6) is 5.75 Å². The Bertz CT molecular complexity index is 775. The zero-order chi connectivity index (χ0) is 21.2. The van der Waals surface area contributed by atoms with Crippen LogP contribution < -0.4 is 15.8 Å². The van der Waals surface area contributed by atoms with Crippen LogP contribution in [0.15, 0.2) is 54.6 Å². The van der Waals surface area contributed by atoms with Crippen molar-refractivity contribution in [2.75, 3.05) is 11.9 Å². The SMILES string of the molecule is CCOC(C(=O)Nc1cccc(OCc2ccccc2)c1)[C@H](N)CC1CCCCC1. The second-order valence-electron chi connectivity index (χ2n) is 8.07. The first-order valence-electron chi connectivity index (χ1n) is 11.1. The summed E-state index contributed by atoms with van der Waals surface area (Å²) in [5, 5.41) is 2.96. The second kappa shape index (κ2) is 11.7. The van der Waals surface area contributed by atoms with E-state index in [1.807, 2.05) is 61.5 Å². The Labute approximate surface area is 180 Å². The summed E-state index contributed by atoms with van der Waals surface area (Å²) < 4.78 is 11.6. The van der Waals surface area contributed by atoms with Crippen molar-refractivity contribution in [2.24, 2.45) is 11.7 Å². The van der Waals surface area contributed by atoms with E-state index in [1.54, 1.807) is 0 Å². The molecule has 2 aromatic carbocycles. The number of ether oxygens (including phenoxy) is 2. The van der Waals surface area contributed by atoms with Crippen LogP contribution in [0.4, 0.5) is 5.69 Å². The maximum atomic E-state index is 12.9. The number of nitrogens with one attached hydrogen (secondary N) is 1. The van der Waals surface area contributed by atoms with Crippen LogP contribution in [0.25, 0.3) is 0 Å². The highest BCUT2D eigenvalue weighted by atomic mass is 16.5. The molecule has 0 aromatic heterocycles. The van der Waals surface area contributed by atoms with E-state index in [0.717, 1.165) is 12.0 Å². The first-order valence-corrected chi connectivity index (χ1v) is 11.1. The van der Waals surface area contributed by atoms with Gasteiger partial charge in [-0.25, -0.2) is 0 Å². The van der Waals surface area contributed by atoms with Crippen molar-refractivity contribution in [1.29, 1.82) is 0 Å². The van der Waals surface area contributed by atoms with E-state index in [4.69, 9.17) is 15.2 Å². The molecule has 30 heavy (non-hydrogen) atoms. The molecule has 5 nitrogen and oxygen atoms in total. The predicted octanol–water partition coefficient (Wildman–Crippen LogP) is 4.91. The van der Waals surface area contributed by atoms with Crippen molar-refractivity contribution in [3.05, 3.63) is 60.2 Å². The van der Waals surface area contributed by atoms with Crippen LogP contribution in [-0.4, -0.2) is 24.7 Å². The normalized spacial score (nSPS) is 16.6. The highest BCUT2D eigenvalue weighted by Gasteiger charge is 2.29. The quantitative estimate of drug-likeness (QED) is 0.584. The molecule has 162 valence electrons. The number of benzene rings is 2.